The number of aliphatic hydroxyl groups excluding tert-OH is 1. The normalized spacial score (nSPS) is 22.0. The first kappa shape index (κ1) is 15.0. The molecule has 0 aromatic heterocycles. The van der Waals surface area contributed by atoms with Crippen molar-refractivity contribution in [1.29, 1.82) is 0 Å². The molecule has 21 heavy (non-hydrogen) atoms. The maximum atomic E-state index is 12.0. The van der Waals surface area contributed by atoms with Crippen LogP contribution in [0.25, 0.3) is 0 Å². The van der Waals surface area contributed by atoms with Gasteiger partial charge in [-0.2, -0.15) is 0 Å². The number of benzene rings is 1. The highest BCUT2D eigenvalue weighted by Crippen LogP contribution is 2.54. The summed E-state index contributed by atoms with van der Waals surface area (Å²) < 4.78 is 26.7. The fourth-order valence-corrected chi connectivity index (χ4v) is 4.05. The van der Waals surface area contributed by atoms with Crippen LogP contribution >= 0.6 is 0 Å². The molecule has 0 amide bonds. The fraction of sp³-hybridized carbons (Fsp3) is 0.625. The lowest BCUT2D eigenvalue weighted by Crippen LogP contribution is -2.34. The molecular formula is C16H23NO3S. The average Bonchev–Trinajstić information content (AvgIpc) is 3.39. The Labute approximate surface area is 126 Å². The fourth-order valence-electron chi connectivity index (χ4n) is 2.75. The van der Waals surface area contributed by atoms with Gasteiger partial charge in [-0.15, -0.1) is 0 Å². The summed E-state index contributed by atoms with van der Waals surface area (Å²) in [7, 11) is -3.21. The van der Waals surface area contributed by atoms with Gasteiger partial charge < -0.3 is 5.11 Å². The van der Waals surface area contributed by atoms with Crippen molar-refractivity contribution in [3.63, 3.8) is 0 Å². The number of sulfonamides is 1. The zero-order valence-electron chi connectivity index (χ0n) is 12.2. The van der Waals surface area contributed by atoms with Gasteiger partial charge in [-0.3, -0.25) is 0 Å². The lowest BCUT2D eigenvalue weighted by molar-refractivity contribution is 0.0953. The Kier molecular flexibility index (Phi) is 4.08. The third-order valence-corrected chi connectivity index (χ3v) is 6.08. The molecule has 5 heteroatoms. The van der Waals surface area contributed by atoms with Gasteiger partial charge in [0.25, 0.3) is 0 Å². The summed E-state index contributed by atoms with van der Waals surface area (Å²) in [6, 6.07) is 9.50. The highest BCUT2D eigenvalue weighted by atomic mass is 32.2. The Hall–Kier alpha value is -0.910. The first-order chi connectivity index (χ1) is 10.0. The maximum Gasteiger partial charge on any atom is 0.211 e. The van der Waals surface area contributed by atoms with Gasteiger partial charge in [0.1, 0.15) is 0 Å². The Bertz CT molecular complexity index is 577. The molecule has 0 spiro atoms. The summed E-state index contributed by atoms with van der Waals surface area (Å²) in [4.78, 5) is 0. The van der Waals surface area contributed by atoms with Crippen molar-refractivity contribution in [3.05, 3.63) is 35.9 Å². The predicted molar refractivity (Wildman–Crippen MR) is 82.2 cm³/mol. The largest absolute Gasteiger partial charge is 0.388 e. The molecule has 2 fully saturated rings. The van der Waals surface area contributed by atoms with Crippen LogP contribution in [-0.2, 0) is 10.0 Å². The van der Waals surface area contributed by atoms with E-state index in [9.17, 15) is 13.5 Å². The monoisotopic (exact) mass is 309 g/mol. The second kappa shape index (κ2) is 5.71. The topological polar surface area (TPSA) is 66.4 Å². The van der Waals surface area contributed by atoms with Crippen molar-refractivity contribution in [1.82, 2.24) is 4.72 Å². The minimum Gasteiger partial charge on any atom is -0.388 e. The molecule has 0 aliphatic heterocycles. The summed E-state index contributed by atoms with van der Waals surface area (Å²) in [5.41, 5.74) is 0.556. The molecule has 0 heterocycles. The van der Waals surface area contributed by atoms with Crippen LogP contribution in [0.1, 0.15) is 43.8 Å². The van der Waals surface area contributed by atoms with Crippen molar-refractivity contribution in [2.45, 2.75) is 38.2 Å². The predicted octanol–water partition coefficient (Wildman–Crippen LogP) is 2.22. The molecule has 1 unspecified atom stereocenters. The molecule has 1 aromatic rings. The second-order valence-electron chi connectivity index (χ2n) is 6.55. The van der Waals surface area contributed by atoms with Crippen LogP contribution in [0.2, 0.25) is 0 Å². The van der Waals surface area contributed by atoms with Crippen molar-refractivity contribution in [2.75, 3.05) is 12.3 Å². The molecule has 116 valence electrons. The van der Waals surface area contributed by atoms with E-state index in [4.69, 9.17) is 0 Å². The third kappa shape index (κ3) is 3.84. The highest BCUT2D eigenvalue weighted by Gasteiger charge is 2.49. The number of aliphatic hydroxyl groups is 1. The Morgan fingerprint density at radius 1 is 1.24 bits per heavy atom. The van der Waals surface area contributed by atoms with E-state index in [0.717, 1.165) is 24.8 Å². The standard InChI is InChI=1S/C16H23NO3S/c18-15(14-4-2-1-3-5-14)16(9-10-16)12-17-21(19,20)11-8-13-6-7-13/h1-5,13,15,17-18H,6-12H2. The Morgan fingerprint density at radius 2 is 1.90 bits per heavy atom. The zero-order valence-corrected chi connectivity index (χ0v) is 13.0. The van der Waals surface area contributed by atoms with Crippen LogP contribution in [0.15, 0.2) is 30.3 Å². The quantitative estimate of drug-likeness (QED) is 0.774. The average molecular weight is 309 g/mol. The smallest absolute Gasteiger partial charge is 0.211 e. The van der Waals surface area contributed by atoms with Crippen LogP contribution in [0.4, 0.5) is 0 Å². The summed E-state index contributed by atoms with van der Waals surface area (Å²) in [5.74, 6) is 0.834. The van der Waals surface area contributed by atoms with Gasteiger partial charge in [0.05, 0.1) is 11.9 Å². The first-order valence-corrected chi connectivity index (χ1v) is 9.36. The van der Waals surface area contributed by atoms with Crippen LogP contribution in [0, 0.1) is 11.3 Å². The van der Waals surface area contributed by atoms with Gasteiger partial charge in [-0.05, 0) is 30.7 Å². The molecule has 1 aromatic carbocycles. The van der Waals surface area contributed by atoms with E-state index in [-0.39, 0.29) is 11.2 Å². The molecule has 4 nitrogen and oxygen atoms in total. The number of nitrogens with one attached hydrogen (secondary N) is 1. The lowest BCUT2D eigenvalue weighted by Gasteiger charge is -2.23. The molecule has 1 atom stereocenters. The van der Waals surface area contributed by atoms with Crippen LogP contribution < -0.4 is 4.72 Å². The number of rotatable bonds is 8. The van der Waals surface area contributed by atoms with Crippen LogP contribution in [0.5, 0.6) is 0 Å². The molecule has 0 bridgehead atoms. The first-order valence-electron chi connectivity index (χ1n) is 7.71. The van der Waals surface area contributed by atoms with Gasteiger partial charge in [0.15, 0.2) is 0 Å². The van der Waals surface area contributed by atoms with Gasteiger partial charge in [-0.1, -0.05) is 43.2 Å². The molecule has 0 saturated heterocycles. The van der Waals surface area contributed by atoms with E-state index in [0.29, 0.717) is 12.5 Å². The molecule has 2 saturated carbocycles. The van der Waals surface area contributed by atoms with E-state index in [1.54, 1.807) is 0 Å². The molecule has 2 aliphatic carbocycles. The molecule has 3 rings (SSSR count). The summed E-state index contributed by atoms with van der Waals surface area (Å²) >= 11 is 0. The van der Waals surface area contributed by atoms with E-state index in [1.807, 2.05) is 30.3 Å². The van der Waals surface area contributed by atoms with E-state index in [1.165, 1.54) is 12.8 Å². The Morgan fingerprint density at radius 3 is 2.48 bits per heavy atom. The molecular weight excluding hydrogens is 286 g/mol. The minimum atomic E-state index is -3.21. The van der Waals surface area contributed by atoms with Gasteiger partial charge in [0, 0.05) is 12.0 Å². The maximum absolute atomic E-state index is 12.0. The van der Waals surface area contributed by atoms with E-state index in [2.05, 4.69) is 4.72 Å². The van der Waals surface area contributed by atoms with Crippen molar-refractivity contribution in [3.8, 4) is 0 Å². The SMILES string of the molecule is O=S(=O)(CCC1CC1)NCC1(C(O)c2ccccc2)CC1. The van der Waals surface area contributed by atoms with Crippen LogP contribution in [-0.4, -0.2) is 25.8 Å². The summed E-state index contributed by atoms with van der Waals surface area (Å²) in [5, 5.41) is 10.5. The summed E-state index contributed by atoms with van der Waals surface area (Å²) in [6.45, 7) is 0.343. The van der Waals surface area contributed by atoms with Crippen LogP contribution in [0.3, 0.4) is 0 Å². The molecule has 2 aliphatic rings. The third-order valence-electron chi connectivity index (χ3n) is 4.72. The molecule has 0 radical (unpaired) electrons. The number of hydrogen-bond acceptors (Lipinski definition) is 3. The van der Waals surface area contributed by atoms with E-state index >= 15 is 0 Å². The second-order valence-corrected chi connectivity index (χ2v) is 8.47. The minimum absolute atomic E-state index is 0.217. The molecule has 2 N–H and O–H groups in total. The Balaban J connectivity index is 1.56. The summed E-state index contributed by atoms with van der Waals surface area (Å²) in [6.07, 6.45) is 4.26. The van der Waals surface area contributed by atoms with Crippen molar-refractivity contribution < 1.29 is 13.5 Å². The van der Waals surface area contributed by atoms with Crippen molar-refractivity contribution >= 4 is 10.0 Å². The van der Waals surface area contributed by atoms with Gasteiger partial charge in [0.2, 0.25) is 10.0 Å². The highest BCUT2D eigenvalue weighted by molar-refractivity contribution is 7.89. The van der Waals surface area contributed by atoms with Crippen molar-refractivity contribution in [2.24, 2.45) is 11.3 Å². The van der Waals surface area contributed by atoms with E-state index < -0.39 is 16.1 Å². The van der Waals surface area contributed by atoms with Gasteiger partial charge in [-0.25, -0.2) is 13.1 Å². The van der Waals surface area contributed by atoms with Gasteiger partial charge >= 0.3 is 0 Å². The number of hydrogen-bond donors (Lipinski definition) is 2. The lowest BCUT2D eigenvalue weighted by atomic mass is 9.93. The zero-order chi connectivity index (χ0) is 14.9.